The number of aliphatic carboxylic acids is 1. The van der Waals surface area contributed by atoms with Crippen molar-refractivity contribution in [3.05, 3.63) is 42.2 Å². The minimum absolute atomic E-state index is 0.463. The van der Waals surface area contributed by atoms with E-state index in [0.29, 0.717) is 24.6 Å². The maximum absolute atomic E-state index is 11.7. The van der Waals surface area contributed by atoms with Crippen molar-refractivity contribution in [3.63, 3.8) is 0 Å². The van der Waals surface area contributed by atoms with Crippen molar-refractivity contribution in [2.24, 2.45) is 0 Å². The van der Waals surface area contributed by atoms with Gasteiger partial charge in [0.2, 0.25) is 0 Å². The van der Waals surface area contributed by atoms with E-state index in [1.165, 1.54) is 19.3 Å². The summed E-state index contributed by atoms with van der Waals surface area (Å²) in [7, 11) is 0. The van der Waals surface area contributed by atoms with Gasteiger partial charge in [-0.3, -0.25) is 4.79 Å². The molecule has 0 bridgehead atoms. The first kappa shape index (κ1) is 25.8. The fraction of sp³-hybridized carbons (Fsp3) is 0.577. The Labute approximate surface area is 192 Å². The molecule has 0 fully saturated rings. The predicted molar refractivity (Wildman–Crippen MR) is 127 cm³/mol. The normalized spacial score (nSPS) is 11.9. The maximum atomic E-state index is 11.7. The molecule has 1 aromatic carbocycles. The molecule has 2 rings (SSSR count). The van der Waals surface area contributed by atoms with Gasteiger partial charge in [-0.15, -0.1) is 0 Å². The highest BCUT2D eigenvalue weighted by Gasteiger charge is 2.19. The number of carbonyl (C=O) groups is 1. The van der Waals surface area contributed by atoms with E-state index in [1.807, 2.05) is 24.3 Å². The Morgan fingerprint density at radius 3 is 2.22 bits per heavy atom. The largest absolute Gasteiger partial charge is 0.490 e. The SMILES string of the molecule is CCCCCCCC(C(=O)O)c1ccc(-c2ncc(OCCCCOCCC)cn2)cc1. The van der Waals surface area contributed by atoms with Crippen LogP contribution in [0.3, 0.4) is 0 Å². The molecule has 0 radical (unpaired) electrons. The van der Waals surface area contributed by atoms with Gasteiger partial charge in [-0.25, -0.2) is 9.97 Å². The third-order valence-corrected chi connectivity index (χ3v) is 5.39. The number of carboxylic acids is 1. The van der Waals surface area contributed by atoms with E-state index >= 15 is 0 Å². The second kappa shape index (κ2) is 15.4. The summed E-state index contributed by atoms with van der Waals surface area (Å²) in [5.74, 6) is 0.0230. The Kier molecular flexibility index (Phi) is 12.4. The number of benzene rings is 1. The zero-order chi connectivity index (χ0) is 23.0. The van der Waals surface area contributed by atoms with Crippen LogP contribution in [0, 0.1) is 0 Å². The maximum Gasteiger partial charge on any atom is 0.310 e. The van der Waals surface area contributed by atoms with Crippen molar-refractivity contribution in [2.45, 2.75) is 77.6 Å². The van der Waals surface area contributed by atoms with Crippen molar-refractivity contribution in [2.75, 3.05) is 19.8 Å². The lowest BCUT2D eigenvalue weighted by molar-refractivity contribution is -0.139. The van der Waals surface area contributed by atoms with Gasteiger partial charge in [0.05, 0.1) is 24.9 Å². The van der Waals surface area contributed by atoms with E-state index in [0.717, 1.165) is 56.4 Å². The third kappa shape index (κ3) is 9.35. The quantitative estimate of drug-likeness (QED) is 0.291. The summed E-state index contributed by atoms with van der Waals surface area (Å²) in [5.41, 5.74) is 1.69. The van der Waals surface area contributed by atoms with Crippen LogP contribution in [0.1, 0.15) is 83.1 Å². The molecule has 1 N–H and O–H groups in total. The van der Waals surface area contributed by atoms with E-state index in [-0.39, 0.29) is 0 Å². The molecule has 1 aromatic heterocycles. The molecular weight excluding hydrogens is 404 g/mol. The van der Waals surface area contributed by atoms with E-state index in [4.69, 9.17) is 9.47 Å². The molecule has 0 spiro atoms. The van der Waals surface area contributed by atoms with Crippen molar-refractivity contribution in [1.29, 1.82) is 0 Å². The Morgan fingerprint density at radius 1 is 0.875 bits per heavy atom. The number of unbranched alkanes of at least 4 members (excludes halogenated alkanes) is 5. The van der Waals surface area contributed by atoms with Crippen LogP contribution < -0.4 is 4.74 Å². The molecule has 176 valence electrons. The van der Waals surface area contributed by atoms with Gasteiger partial charge in [-0.1, -0.05) is 70.2 Å². The second-order valence-corrected chi connectivity index (χ2v) is 8.13. The van der Waals surface area contributed by atoms with Gasteiger partial charge in [0.15, 0.2) is 11.6 Å². The summed E-state index contributed by atoms with van der Waals surface area (Å²) in [6, 6.07) is 7.56. The number of hydrogen-bond acceptors (Lipinski definition) is 5. The molecule has 32 heavy (non-hydrogen) atoms. The molecule has 0 aliphatic rings. The fourth-order valence-corrected chi connectivity index (χ4v) is 3.53. The molecule has 1 atom stereocenters. The number of carboxylic acid groups (broad SMARTS) is 1. The van der Waals surface area contributed by atoms with Gasteiger partial charge in [0, 0.05) is 18.8 Å². The molecule has 2 aromatic rings. The third-order valence-electron chi connectivity index (χ3n) is 5.39. The van der Waals surface area contributed by atoms with Gasteiger partial charge in [-0.2, -0.15) is 0 Å². The van der Waals surface area contributed by atoms with Gasteiger partial charge in [0.25, 0.3) is 0 Å². The van der Waals surface area contributed by atoms with Gasteiger partial charge >= 0.3 is 5.97 Å². The first-order valence-corrected chi connectivity index (χ1v) is 12.0. The molecule has 6 nitrogen and oxygen atoms in total. The van der Waals surface area contributed by atoms with E-state index in [9.17, 15) is 9.90 Å². The topological polar surface area (TPSA) is 81.5 Å². The van der Waals surface area contributed by atoms with Crippen LogP contribution in [0.15, 0.2) is 36.7 Å². The lowest BCUT2D eigenvalue weighted by atomic mass is 9.92. The van der Waals surface area contributed by atoms with Crippen LogP contribution >= 0.6 is 0 Å². The average molecular weight is 443 g/mol. The van der Waals surface area contributed by atoms with E-state index < -0.39 is 11.9 Å². The number of aromatic nitrogens is 2. The molecule has 0 aliphatic heterocycles. The molecule has 0 aliphatic carbocycles. The Morgan fingerprint density at radius 2 is 1.56 bits per heavy atom. The number of ether oxygens (including phenoxy) is 2. The molecule has 1 unspecified atom stereocenters. The van der Waals surface area contributed by atoms with Gasteiger partial charge in [0.1, 0.15) is 0 Å². The zero-order valence-electron chi connectivity index (χ0n) is 19.6. The van der Waals surface area contributed by atoms with Crippen LogP contribution in [-0.4, -0.2) is 40.9 Å². The van der Waals surface area contributed by atoms with Crippen molar-refractivity contribution >= 4 is 5.97 Å². The molecule has 0 amide bonds. The first-order valence-electron chi connectivity index (χ1n) is 12.0. The van der Waals surface area contributed by atoms with Crippen LogP contribution in [0.5, 0.6) is 5.75 Å². The summed E-state index contributed by atoms with van der Waals surface area (Å²) in [6.45, 7) is 6.47. The predicted octanol–water partition coefficient (Wildman–Crippen LogP) is 6.26. The minimum Gasteiger partial charge on any atom is -0.490 e. The lowest BCUT2D eigenvalue weighted by Gasteiger charge is -2.13. The smallest absolute Gasteiger partial charge is 0.310 e. The highest BCUT2D eigenvalue weighted by molar-refractivity contribution is 5.76. The van der Waals surface area contributed by atoms with Gasteiger partial charge < -0.3 is 14.6 Å². The summed E-state index contributed by atoms with van der Waals surface area (Å²) < 4.78 is 11.2. The fourth-order valence-electron chi connectivity index (χ4n) is 3.53. The van der Waals surface area contributed by atoms with Crippen molar-refractivity contribution in [3.8, 4) is 17.1 Å². The molecule has 0 saturated heterocycles. The van der Waals surface area contributed by atoms with Crippen LogP contribution in [0.25, 0.3) is 11.4 Å². The summed E-state index contributed by atoms with van der Waals surface area (Å²) in [4.78, 5) is 20.5. The van der Waals surface area contributed by atoms with Crippen LogP contribution in [0.2, 0.25) is 0 Å². The second-order valence-electron chi connectivity index (χ2n) is 8.13. The monoisotopic (exact) mass is 442 g/mol. The van der Waals surface area contributed by atoms with Crippen molar-refractivity contribution < 1.29 is 19.4 Å². The van der Waals surface area contributed by atoms with E-state index in [2.05, 4.69) is 23.8 Å². The highest BCUT2D eigenvalue weighted by Crippen LogP contribution is 2.26. The molecule has 6 heteroatoms. The summed E-state index contributed by atoms with van der Waals surface area (Å²) >= 11 is 0. The standard InChI is InChI=1S/C26H38N2O4/c1-3-5-6-7-8-11-24(26(29)30)21-12-14-22(15-13-21)25-27-19-23(20-28-25)32-18-10-9-17-31-16-4-2/h12-15,19-20,24H,3-11,16-18H2,1-2H3,(H,29,30). The minimum atomic E-state index is -0.761. The Bertz CT molecular complexity index is 762. The molecule has 1 heterocycles. The first-order chi connectivity index (χ1) is 15.7. The molecular formula is C26H38N2O4. The Balaban J connectivity index is 1.83. The Hall–Kier alpha value is -2.47. The number of nitrogens with zero attached hydrogens (tertiary/aromatic N) is 2. The summed E-state index contributed by atoms with van der Waals surface area (Å²) in [6.07, 6.45) is 12.6. The van der Waals surface area contributed by atoms with Gasteiger partial charge in [-0.05, 0) is 31.2 Å². The summed E-state index contributed by atoms with van der Waals surface area (Å²) in [5, 5.41) is 9.64. The molecule has 0 saturated carbocycles. The van der Waals surface area contributed by atoms with Crippen LogP contribution in [-0.2, 0) is 9.53 Å². The number of hydrogen-bond donors (Lipinski definition) is 1. The lowest BCUT2D eigenvalue weighted by Crippen LogP contribution is -2.11. The zero-order valence-corrected chi connectivity index (χ0v) is 19.6. The highest BCUT2D eigenvalue weighted by atomic mass is 16.5. The van der Waals surface area contributed by atoms with Crippen LogP contribution in [0.4, 0.5) is 0 Å². The number of rotatable bonds is 17. The van der Waals surface area contributed by atoms with Crippen molar-refractivity contribution in [1.82, 2.24) is 9.97 Å². The van der Waals surface area contributed by atoms with E-state index in [1.54, 1.807) is 12.4 Å². The average Bonchev–Trinajstić information content (AvgIpc) is 2.81.